The number of amides is 1. The summed E-state index contributed by atoms with van der Waals surface area (Å²) in [6.45, 7) is 0. The topological polar surface area (TPSA) is 85.1 Å². The monoisotopic (exact) mass is 447 g/mol. The van der Waals surface area contributed by atoms with Gasteiger partial charge in [0.2, 0.25) is 0 Å². The average molecular weight is 447 g/mol. The fourth-order valence-electron chi connectivity index (χ4n) is 2.28. The molecule has 6 nitrogen and oxygen atoms in total. The predicted octanol–water partition coefficient (Wildman–Crippen LogP) is 3.83. The van der Waals surface area contributed by atoms with Gasteiger partial charge in [-0.25, -0.2) is 9.37 Å². The molecule has 1 aliphatic carbocycles. The first-order valence-corrected chi connectivity index (χ1v) is 6.80. The van der Waals surface area contributed by atoms with Crippen LogP contribution in [0.3, 0.4) is 0 Å². The number of rotatable bonds is 3. The van der Waals surface area contributed by atoms with Crippen LogP contribution in [0.15, 0.2) is 18.3 Å². The summed E-state index contributed by atoms with van der Waals surface area (Å²) in [5, 5.41) is 11.1. The molecule has 0 saturated heterocycles. The Balaban J connectivity index is 2.60. The van der Waals surface area contributed by atoms with Crippen molar-refractivity contribution >= 4 is 17.4 Å². The minimum atomic E-state index is -7.45. The van der Waals surface area contributed by atoms with Crippen LogP contribution >= 0.6 is 0 Å². The van der Waals surface area contributed by atoms with Crippen LogP contribution in [0.2, 0.25) is 0 Å². The van der Waals surface area contributed by atoms with Gasteiger partial charge >= 0.3 is 35.3 Å². The number of hydrogen-bond donors (Lipinski definition) is 1. The van der Waals surface area contributed by atoms with E-state index in [0.29, 0.717) is 17.4 Å². The Morgan fingerprint density at radius 2 is 1.24 bits per heavy atom. The maximum absolute atomic E-state index is 14.4. The van der Waals surface area contributed by atoms with E-state index in [1.54, 1.807) is 0 Å². The zero-order valence-corrected chi connectivity index (χ0v) is 13.0. The summed E-state index contributed by atoms with van der Waals surface area (Å²) in [6.07, 6.45) is 0.259. The number of carbonyl (C=O) groups is 1. The van der Waals surface area contributed by atoms with Gasteiger partial charge in [-0.2, -0.15) is 43.9 Å². The largest absolute Gasteiger partial charge is 0.384 e. The number of anilines is 1. The second kappa shape index (κ2) is 5.88. The summed E-state index contributed by atoms with van der Waals surface area (Å²) in [5.41, 5.74) is -7.71. The molecular weight excluding hydrogens is 443 g/mol. The van der Waals surface area contributed by atoms with E-state index < -0.39 is 57.6 Å². The van der Waals surface area contributed by atoms with Gasteiger partial charge in [0.15, 0.2) is 0 Å². The highest BCUT2D eigenvalue weighted by Gasteiger charge is 3.02. The zero-order valence-electron chi connectivity index (χ0n) is 13.0. The summed E-state index contributed by atoms with van der Waals surface area (Å²) in [7, 11) is 0. The molecule has 0 bridgehead atoms. The van der Waals surface area contributed by atoms with E-state index in [0.717, 1.165) is 0 Å². The van der Waals surface area contributed by atoms with Gasteiger partial charge in [-0.3, -0.25) is 14.9 Å². The van der Waals surface area contributed by atoms with E-state index in [2.05, 4.69) is 4.98 Å². The maximum Gasteiger partial charge on any atom is 0.384 e. The number of halogens is 11. The highest BCUT2D eigenvalue weighted by atomic mass is 19.4. The molecular formula is C12H4F11N3O3. The lowest BCUT2D eigenvalue weighted by Gasteiger charge is -2.51. The van der Waals surface area contributed by atoms with Crippen molar-refractivity contribution in [3.05, 3.63) is 28.4 Å². The number of carbonyl (C=O) groups excluding carboxylic acids is 1. The number of nitrogens with zero attached hydrogens (tertiary/aromatic N) is 2. The lowest BCUT2D eigenvalue weighted by molar-refractivity contribution is -0.475. The number of nitro groups is 1. The first kappa shape index (κ1) is 22.5. The van der Waals surface area contributed by atoms with Crippen molar-refractivity contribution in [2.75, 3.05) is 5.32 Å². The molecule has 0 unspecified atom stereocenters. The molecule has 29 heavy (non-hydrogen) atoms. The van der Waals surface area contributed by atoms with Crippen molar-refractivity contribution in [1.82, 2.24) is 4.98 Å². The van der Waals surface area contributed by atoms with Crippen LogP contribution in [0.1, 0.15) is 0 Å². The normalized spacial score (nSPS) is 25.1. The van der Waals surface area contributed by atoms with Crippen LogP contribution in [0.5, 0.6) is 0 Å². The number of aromatic nitrogens is 1. The van der Waals surface area contributed by atoms with Crippen molar-refractivity contribution in [2.24, 2.45) is 0 Å². The molecule has 1 saturated carbocycles. The molecule has 17 heteroatoms. The third kappa shape index (κ3) is 2.41. The second-order valence-corrected chi connectivity index (χ2v) is 5.64. The highest BCUT2D eigenvalue weighted by Crippen LogP contribution is 2.69. The molecule has 2 rings (SSSR count). The molecule has 0 radical (unpaired) electrons. The van der Waals surface area contributed by atoms with Crippen molar-refractivity contribution in [1.29, 1.82) is 0 Å². The van der Waals surface area contributed by atoms with Crippen LogP contribution in [-0.4, -0.2) is 51.1 Å². The molecule has 0 atom stereocenters. The Labute approximate surface area is 150 Å². The molecule has 1 aliphatic rings. The van der Waals surface area contributed by atoms with Crippen molar-refractivity contribution in [2.45, 2.75) is 35.3 Å². The van der Waals surface area contributed by atoms with Crippen LogP contribution in [0.4, 0.5) is 59.8 Å². The SMILES string of the molecule is O=C(Nc1ccc([N+](=O)[O-])cn1)C1(F)C(F)(F)C(F)(F)C(F)(F)C(F)(F)C1(F)F. The summed E-state index contributed by atoms with van der Waals surface area (Å²) in [6, 6.07) is 0.755. The quantitative estimate of drug-likeness (QED) is 0.434. The molecule has 1 N–H and O–H groups in total. The average Bonchev–Trinajstić information content (AvgIpc) is 2.59. The van der Waals surface area contributed by atoms with E-state index in [1.807, 2.05) is 0 Å². The predicted molar refractivity (Wildman–Crippen MR) is 68.1 cm³/mol. The van der Waals surface area contributed by atoms with Crippen molar-refractivity contribution < 1.29 is 58.0 Å². The van der Waals surface area contributed by atoms with E-state index in [4.69, 9.17) is 0 Å². The smallest absolute Gasteiger partial charge is 0.307 e. The van der Waals surface area contributed by atoms with E-state index in [9.17, 15) is 63.2 Å². The molecule has 1 aromatic rings. The Morgan fingerprint density at radius 3 is 1.59 bits per heavy atom. The summed E-state index contributed by atoms with van der Waals surface area (Å²) in [5.74, 6) is -41.8. The standard InChI is InChI=1S/C12H4F11N3O3/c13-7(6(27)25-5-2-1-4(3-24-5)26(28)29)8(14,15)10(18,19)12(22,23)11(20,21)9(7,16)17/h1-3H,(H,24,25,27). The minimum Gasteiger partial charge on any atom is -0.307 e. The molecule has 162 valence electrons. The van der Waals surface area contributed by atoms with Crippen molar-refractivity contribution in [3.63, 3.8) is 0 Å². The molecule has 1 aromatic heterocycles. The Morgan fingerprint density at radius 1 is 0.828 bits per heavy atom. The minimum absolute atomic E-state index is 0.259. The Bertz CT molecular complexity index is 826. The zero-order chi connectivity index (χ0) is 22.8. The first-order chi connectivity index (χ1) is 12.8. The van der Waals surface area contributed by atoms with E-state index >= 15 is 0 Å². The maximum atomic E-state index is 14.4. The summed E-state index contributed by atoms with van der Waals surface area (Å²) >= 11 is 0. The van der Waals surface area contributed by atoms with Gasteiger partial charge in [-0.05, 0) is 6.07 Å². The van der Waals surface area contributed by atoms with Gasteiger partial charge in [0.05, 0.1) is 4.92 Å². The highest BCUT2D eigenvalue weighted by molar-refractivity contribution is 5.99. The molecule has 1 amide bonds. The fraction of sp³-hybridized carbons (Fsp3) is 0.500. The lowest BCUT2D eigenvalue weighted by Crippen LogP contribution is -2.86. The number of alkyl halides is 11. The van der Waals surface area contributed by atoms with E-state index in [1.165, 1.54) is 0 Å². The number of pyridine rings is 1. The van der Waals surface area contributed by atoms with Gasteiger partial charge in [0.1, 0.15) is 12.0 Å². The molecule has 1 heterocycles. The van der Waals surface area contributed by atoms with Gasteiger partial charge in [-0.15, -0.1) is 0 Å². The summed E-state index contributed by atoms with van der Waals surface area (Å²) in [4.78, 5) is 23.8. The van der Waals surface area contributed by atoms with Crippen molar-refractivity contribution in [3.8, 4) is 0 Å². The van der Waals surface area contributed by atoms with Crippen LogP contribution < -0.4 is 5.32 Å². The van der Waals surface area contributed by atoms with Crippen LogP contribution in [0.25, 0.3) is 0 Å². The van der Waals surface area contributed by atoms with Gasteiger partial charge in [0.25, 0.3) is 11.6 Å². The molecule has 0 spiro atoms. The lowest BCUT2D eigenvalue weighted by atomic mass is 9.71. The molecule has 1 fully saturated rings. The van der Waals surface area contributed by atoms with E-state index in [-0.39, 0.29) is 6.20 Å². The molecule has 0 aromatic carbocycles. The summed E-state index contributed by atoms with van der Waals surface area (Å²) < 4.78 is 149. The third-order valence-corrected chi connectivity index (χ3v) is 3.96. The Hall–Kier alpha value is -2.75. The van der Waals surface area contributed by atoms with Gasteiger partial charge in [-0.1, -0.05) is 0 Å². The third-order valence-electron chi connectivity index (χ3n) is 3.96. The first-order valence-electron chi connectivity index (χ1n) is 6.80. The fourth-order valence-corrected chi connectivity index (χ4v) is 2.28. The van der Waals surface area contributed by atoms with Gasteiger partial charge < -0.3 is 5.32 Å². The van der Waals surface area contributed by atoms with Crippen LogP contribution in [-0.2, 0) is 4.79 Å². The van der Waals surface area contributed by atoms with Crippen LogP contribution in [0, 0.1) is 10.1 Å². The molecule has 0 aliphatic heterocycles. The second-order valence-electron chi connectivity index (χ2n) is 5.64. The number of nitrogens with one attached hydrogen (secondary N) is 1. The number of hydrogen-bond acceptors (Lipinski definition) is 4. The Kier molecular flexibility index (Phi) is 4.57. The van der Waals surface area contributed by atoms with Gasteiger partial charge in [0, 0.05) is 6.07 Å².